The maximum Gasteiger partial charge on any atom is 0.410 e. The van der Waals surface area contributed by atoms with Crippen molar-refractivity contribution >= 4 is 11.9 Å². The smallest absolute Gasteiger partial charge is 0.410 e. The van der Waals surface area contributed by atoms with Gasteiger partial charge in [0.1, 0.15) is 11.4 Å². The van der Waals surface area contributed by atoms with Crippen molar-refractivity contribution in [1.29, 1.82) is 0 Å². The summed E-state index contributed by atoms with van der Waals surface area (Å²) in [6.45, 7) is 11.5. The Morgan fingerprint density at radius 2 is 1.53 bits per heavy atom. The summed E-state index contributed by atoms with van der Waals surface area (Å²) >= 11 is 0. The van der Waals surface area contributed by atoms with Gasteiger partial charge >= 0.3 is 6.09 Å². The number of ketones is 1. The third kappa shape index (κ3) is 6.97. The molecule has 0 aliphatic heterocycles. The van der Waals surface area contributed by atoms with Crippen molar-refractivity contribution in [2.75, 3.05) is 13.6 Å². The van der Waals surface area contributed by atoms with Crippen LogP contribution in [0, 0.1) is 5.41 Å². The number of rotatable bonds is 3. The molecule has 0 aliphatic carbocycles. The van der Waals surface area contributed by atoms with Gasteiger partial charge in [0, 0.05) is 25.4 Å². The van der Waals surface area contributed by atoms with Gasteiger partial charge in [-0.2, -0.15) is 0 Å². The second kappa shape index (κ2) is 5.52. The lowest BCUT2D eigenvalue weighted by Crippen LogP contribution is -2.36. The quantitative estimate of drug-likeness (QED) is 0.765. The predicted octanol–water partition coefficient (Wildman–Crippen LogP) is 2.86. The standard InChI is InChI=1S/C13H25NO3/c1-12(2,3)10(15)8-9-14(7)11(16)17-13(4,5)6/h8-9H2,1-7H3. The normalized spacial score (nSPS) is 12.2. The van der Waals surface area contributed by atoms with Gasteiger partial charge in [-0.3, -0.25) is 4.79 Å². The summed E-state index contributed by atoms with van der Waals surface area (Å²) in [7, 11) is 1.64. The third-order valence-electron chi connectivity index (χ3n) is 2.22. The van der Waals surface area contributed by atoms with Crippen LogP contribution in [0.25, 0.3) is 0 Å². The molecule has 0 spiro atoms. The summed E-state index contributed by atoms with van der Waals surface area (Å²) in [5.41, 5.74) is -0.853. The molecule has 17 heavy (non-hydrogen) atoms. The van der Waals surface area contributed by atoms with Crippen LogP contribution in [0.2, 0.25) is 0 Å². The van der Waals surface area contributed by atoms with Crippen molar-refractivity contribution in [2.24, 2.45) is 5.41 Å². The second-order valence-electron chi connectivity index (χ2n) is 6.33. The number of amides is 1. The molecular formula is C13H25NO3. The van der Waals surface area contributed by atoms with E-state index in [2.05, 4.69) is 0 Å². The molecule has 0 saturated heterocycles. The molecule has 0 aromatic rings. The molecule has 4 heteroatoms. The van der Waals surface area contributed by atoms with E-state index in [1.165, 1.54) is 4.90 Å². The van der Waals surface area contributed by atoms with E-state index in [-0.39, 0.29) is 17.3 Å². The fourth-order valence-corrected chi connectivity index (χ4v) is 1.08. The molecule has 0 rings (SSSR count). The fraction of sp³-hybridized carbons (Fsp3) is 0.846. The van der Waals surface area contributed by atoms with E-state index < -0.39 is 5.60 Å². The van der Waals surface area contributed by atoms with Gasteiger partial charge in [0.2, 0.25) is 0 Å². The number of carbonyl (C=O) groups excluding carboxylic acids is 2. The largest absolute Gasteiger partial charge is 0.444 e. The molecular weight excluding hydrogens is 218 g/mol. The summed E-state index contributed by atoms with van der Waals surface area (Å²) < 4.78 is 5.19. The van der Waals surface area contributed by atoms with Crippen LogP contribution in [-0.2, 0) is 9.53 Å². The van der Waals surface area contributed by atoms with Crippen molar-refractivity contribution < 1.29 is 14.3 Å². The van der Waals surface area contributed by atoms with Crippen LogP contribution in [0.5, 0.6) is 0 Å². The first kappa shape index (κ1) is 15.9. The van der Waals surface area contributed by atoms with Gasteiger partial charge in [-0.25, -0.2) is 4.79 Å². The van der Waals surface area contributed by atoms with E-state index in [1.54, 1.807) is 7.05 Å². The zero-order valence-electron chi connectivity index (χ0n) is 12.1. The lowest BCUT2D eigenvalue weighted by atomic mass is 9.89. The molecule has 100 valence electrons. The zero-order valence-corrected chi connectivity index (χ0v) is 12.1. The molecule has 0 aromatic heterocycles. The van der Waals surface area contributed by atoms with Crippen molar-refractivity contribution in [1.82, 2.24) is 4.90 Å². The van der Waals surface area contributed by atoms with Crippen LogP contribution in [0.3, 0.4) is 0 Å². The number of carbonyl (C=O) groups is 2. The summed E-state index contributed by atoms with van der Waals surface area (Å²) in [5.74, 6) is 0.146. The van der Waals surface area contributed by atoms with E-state index in [0.717, 1.165) is 0 Å². The second-order valence-corrected chi connectivity index (χ2v) is 6.33. The van der Waals surface area contributed by atoms with Gasteiger partial charge in [-0.05, 0) is 20.8 Å². The molecule has 0 bridgehead atoms. The Bertz CT molecular complexity index is 284. The highest BCUT2D eigenvalue weighted by molar-refractivity contribution is 5.84. The average molecular weight is 243 g/mol. The van der Waals surface area contributed by atoms with Gasteiger partial charge in [0.25, 0.3) is 0 Å². The number of ether oxygens (including phenoxy) is 1. The molecule has 0 radical (unpaired) electrons. The van der Waals surface area contributed by atoms with Gasteiger partial charge in [0.15, 0.2) is 0 Å². The van der Waals surface area contributed by atoms with Gasteiger partial charge < -0.3 is 9.64 Å². The molecule has 0 heterocycles. The van der Waals surface area contributed by atoms with Crippen LogP contribution >= 0.6 is 0 Å². The van der Waals surface area contributed by atoms with Crippen LogP contribution in [-0.4, -0.2) is 36.0 Å². The van der Waals surface area contributed by atoms with Gasteiger partial charge in [0.05, 0.1) is 0 Å². The van der Waals surface area contributed by atoms with Crippen LogP contribution in [0.15, 0.2) is 0 Å². The highest BCUT2D eigenvalue weighted by Gasteiger charge is 2.23. The molecule has 0 unspecified atom stereocenters. The predicted molar refractivity (Wildman–Crippen MR) is 67.9 cm³/mol. The minimum atomic E-state index is -0.501. The van der Waals surface area contributed by atoms with Crippen molar-refractivity contribution in [3.05, 3.63) is 0 Å². The lowest BCUT2D eigenvalue weighted by molar-refractivity contribution is -0.126. The van der Waals surface area contributed by atoms with E-state index in [9.17, 15) is 9.59 Å². The summed E-state index contributed by atoms with van der Waals surface area (Å²) in [6, 6.07) is 0. The maximum absolute atomic E-state index is 11.7. The van der Waals surface area contributed by atoms with Crippen LogP contribution < -0.4 is 0 Å². The number of nitrogens with zero attached hydrogens (tertiary/aromatic N) is 1. The molecule has 0 N–H and O–H groups in total. The van der Waals surface area contributed by atoms with Crippen molar-refractivity contribution in [3.8, 4) is 0 Å². The Hall–Kier alpha value is -1.06. The van der Waals surface area contributed by atoms with Crippen LogP contribution in [0.1, 0.15) is 48.0 Å². The van der Waals surface area contributed by atoms with E-state index in [4.69, 9.17) is 4.74 Å². The van der Waals surface area contributed by atoms with E-state index >= 15 is 0 Å². The molecule has 4 nitrogen and oxygen atoms in total. The van der Waals surface area contributed by atoms with E-state index in [1.807, 2.05) is 41.5 Å². The SMILES string of the molecule is CN(CCC(=O)C(C)(C)C)C(=O)OC(C)(C)C. The Balaban J connectivity index is 4.16. The monoisotopic (exact) mass is 243 g/mol. The summed E-state index contributed by atoms with van der Waals surface area (Å²) in [5, 5.41) is 0. The maximum atomic E-state index is 11.7. The molecule has 1 amide bonds. The molecule has 0 aromatic carbocycles. The van der Waals surface area contributed by atoms with Gasteiger partial charge in [-0.15, -0.1) is 0 Å². The Kier molecular flexibility index (Phi) is 5.17. The highest BCUT2D eigenvalue weighted by atomic mass is 16.6. The first-order valence-electron chi connectivity index (χ1n) is 5.91. The van der Waals surface area contributed by atoms with Gasteiger partial charge in [-0.1, -0.05) is 20.8 Å². The minimum Gasteiger partial charge on any atom is -0.444 e. The lowest BCUT2D eigenvalue weighted by Gasteiger charge is -2.25. The first-order valence-corrected chi connectivity index (χ1v) is 5.91. The van der Waals surface area contributed by atoms with E-state index in [0.29, 0.717) is 13.0 Å². The Morgan fingerprint density at radius 3 is 1.88 bits per heavy atom. The average Bonchev–Trinajstić information content (AvgIpc) is 2.08. The number of hydrogen-bond donors (Lipinski definition) is 0. The Labute approximate surface area is 104 Å². The molecule has 0 aliphatic rings. The molecule has 0 fully saturated rings. The molecule has 0 saturated carbocycles. The summed E-state index contributed by atoms with van der Waals surface area (Å²) in [6.07, 6.45) is -0.0293. The van der Waals surface area contributed by atoms with Crippen molar-refractivity contribution in [3.63, 3.8) is 0 Å². The highest BCUT2D eigenvalue weighted by Crippen LogP contribution is 2.17. The topological polar surface area (TPSA) is 46.6 Å². The minimum absolute atomic E-state index is 0.146. The fourth-order valence-electron chi connectivity index (χ4n) is 1.08. The van der Waals surface area contributed by atoms with Crippen molar-refractivity contribution in [2.45, 2.75) is 53.6 Å². The third-order valence-corrected chi connectivity index (χ3v) is 2.22. The summed E-state index contributed by atoms with van der Waals surface area (Å²) in [4.78, 5) is 24.8. The Morgan fingerprint density at radius 1 is 1.06 bits per heavy atom. The number of hydrogen-bond acceptors (Lipinski definition) is 3. The zero-order chi connectivity index (χ0) is 13.9. The van der Waals surface area contributed by atoms with Crippen LogP contribution in [0.4, 0.5) is 4.79 Å². The first-order chi connectivity index (χ1) is 7.43. The molecule has 0 atom stereocenters. The number of Topliss-reactive ketones (excluding diaryl/α,β-unsaturated/α-hetero) is 1.